The highest BCUT2D eigenvalue weighted by molar-refractivity contribution is 7.89. The molecule has 1 heterocycles. The number of halogens is 1. The zero-order valence-corrected chi connectivity index (χ0v) is 17.3. The van der Waals surface area contributed by atoms with Gasteiger partial charge in [0, 0.05) is 6.54 Å². The Labute approximate surface area is 175 Å². The van der Waals surface area contributed by atoms with Gasteiger partial charge in [-0.3, -0.25) is 4.79 Å². The molecule has 0 spiro atoms. The molecule has 0 atom stereocenters. The molecular weight excluding hydrogens is 403 g/mol. The largest absolute Gasteiger partial charge is 0.305 e. The minimum absolute atomic E-state index is 0.0885. The minimum atomic E-state index is -3.88. The van der Waals surface area contributed by atoms with Gasteiger partial charge in [0.15, 0.2) is 0 Å². The van der Waals surface area contributed by atoms with Gasteiger partial charge in [-0.2, -0.15) is 4.31 Å². The molecule has 0 bridgehead atoms. The fraction of sp³-hybridized carbons (Fsp3) is 0.174. The Bertz CT molecular complexity index is 1190. The summed E-state index contributed by atoms with van der Waals surface area (Å²) in [5, 5.41) is 0. The summed E-state index contributed by atoms with van der Waals surface area (Å²) < 4.78 is 41.3. The number of nitrogens with zero attached hydrogens (tertiary/aromatic N) is 2. The minimum Gasteiger partial charge on any atom is -0.305 e. The molecule has 4 rings (SSSR count). The van der Waals surface area contributed by atoms with E-state index in [0.29, 0.717) is 11.3 Å². The number of fused-ring (bicyclic) bond motifs is 1. The Morgan fingerprint density at radius 3 is 2.37 bits per heavy atom. The van der Waals surface area contributed by atoms with Crippen molar-refractivity contribution in [2.75, 3.05) is 11.4 Å². The number of para-hydroxylation sites is 1. The van der Waals surface area contributed by atoms with Crippen molar-refractivity contribution in [1.29, 1.82) is 0 Å². The van der Waals surface area contributed by atoms with E-state index in [1.165, 1.54) is 27.4 Å². The van der Waals surface area contributed by atoms with Gasteiger partial charge in [0.1, 0.15) is 10.7 Å². The summed E-state index contributed by atoms with van der Waals surface area (Å²) >= 11 is 0. The third kappa shape index (κ3) is 3.99. The van der Waals surface area contributed by atoms with E-state index in [9.17, 15) is 17.6 Å². The molecular formula is C23H21FN2O3S. The van der Waals surface area contributed by atoms with E-state index in [1.54, 1.807) is 30.3 Å². The van der Waals surface area contributed by atoms with E-state index < -0.39 is 10.0 Å². The van der Waals surface area contributed by atoms with E-state index >= 15 is 0 Å². The van der Waals surface area contributed by atoms with Crippen LogP contribution in [0, 0.1) is 12.7 Å². The summed E-state index contributed by atoms with van der Waals surface area (Å²) in [5.41, 5.74) is 2.88. The highest BCUT2D eigenvalue weighted by Gasteiger charge is 2.36. The van der Waals surface area contributed by atoms with Gasteiger partial charge >= 0.3 is 0 Å². The van der Waals surface area contributed by atoms with Gasteiger partial charge in [0.2, 0.25) is 15.9 Å². The monoisotopic (exact) mass is 424 g/mol. The quantitative estimate of drug-likeness (QED) is 0.639. The lowest BCUT2D eigenvalue weighted by Gasteiger charge is -2.22. The summed E-state index contributed by atoms with van der Waals surface area (Å²) in [7, 11) is -3.88. The SMILES string of the molecule is Cc1cccc(CN2CC(=O)N(Cc3ccc(F)cc3)c3ccccc3S2(=O)=O)c1. The third-order valence-corrected chi connectivity index (χ3v) is 6.92. The number of sulfonamides is 1. The molecule has 154 valence electrons. The van der Waals surface area contributed by atoms with Crippen LogP contribution in [0.4, 0.5) is 10.1 Å². The normalized spacial score (nSPS) is 16.2. The molecule has 0 saturated heterocycles. The Morgan fingerprint density at radius 2 is 1.63 bits per heavy atom. The van der Waals surface area contributed by atoms with Crippen LogP contribution in [0.5, 0.6) is 0 Å². The zero-order chi connectivity index (χ0) is 21.3. The molecule has 1 amide bonds. The fourth-order valence-electron chi connectivity index (χ4n) is 3.59. The molecule has 1 aliphatic rings. The van der Waals surface area contributed by atoms with Crippen molar-refractivity contribution in [3.8, 4) is 0 Å². The number of anilines is 1. The maximum atomic E-state index is 13.4. The van der Waals surface area contributed by atoms with Gasteiger partial charge in [-0.15, -0.1) is 0 Å². The molecule has 3 aromatic rings. The van der Waals surface area contributed by atoms with Crippen molar-refractivity contribution in [2.45, 2.75) is 24.9 Å². The van der Waals surface area contributed by atoms with Crippen LogP contribution >= 0.6 is 0 Å². The first-order chi connectivity index (χ1) is 14.3. The second-order valence-corrected chi connectivity index (χ2v) is 9.24. The van der Waals surface area contributed by atoms with E-state index in [4.69, 9.17) is 0 Å². The van der Waals surface area contributed by atoms with Crippen LogP contribution in [0.1, 0.15) is 16.7 Å². The van der Waals surface area contributed by atoms with Crippen LogP contribution in [0.15, 0.2) is 77.7 Å². The Balaban J connectivity index is 1.74. The number of benzene rings is 3. The molecule has 5 nitrogen and oxygen atoms in total. The lowest BCUT2D eigenvalue weighted by molar-refractivity contribution is -0.119. The van der Waals surface area contributed by atoms with Crippen molar-refractivity contribution >= 4 is 21.6 Å². The van der Waals surface area contributed by atoms with E-state index in [2.05, 4.69) is 0 Å². The van der Waals surface area contributed by atoms with Gasteiger partial charge in [-0.25, -0.2) is 12.8 Å². The molecule has 0 saturated carbocycles. The predicted octanol–water partition coefficient (Wildman–Crippen LogP) is 3.87. The fourth-order valence-corrected chi connectivity index (χ4v) is 5.16. The van der Waals surface area contributed by atoms with Crippen LogP contribution in [-0.2, 0) is 27.9 Å². The third-order valence-electron chi connectivity index (χ3n) is 5.08. The van der Waals surface area contributed by atoms with E-state index in [1.807, 2.05) is 31.2 Å². The maximum Gasteiger partial charge on any atom is 0.245 e. The van der Waals surface area contributed by atoms with Gasteiger partial charge in [0.05, 0.1) is 18.8 Å². The topological polar surface area (TPSA) is 57.7 Å². The van der Waals surface area contributed by atoms with Gasteiger partial charge < -0.3 is 4.90 Å². The number of carbonyl (C=O) groups is 1. The summed E-state index contributed by atoms with van der Waals surface area (Å²) in [6, 6.07) is 19.9. The molecule has 3 aromatic carbocycles. The number of aryl methyl sites for hydroxylation is 1. The highest BCUT2D eigenvalue weighted by atomic mass is 32.2. The first-order valence-corrected chi connectivity index (χ1v) is 11.0. The number of hydrogen-bond donors (Lipinski definition) is 0. The average Bonchev–Trinajstić information content (AvgIpc) is 2.79. The second kappa shape index (κ2) is 8.01. The van der Waals surface area contributed by atoms with Crippen LogP contribution < -0.4 is 4.90 Å². The van der Waals surface area contributed by atoms with Gasteiger partial charge in [-0.05, 0) is 42.3 Å². The predicted molar refractivity (Wildman–Crippen MR) is 113 cm³/mol. The van der Waals surface area contributed by atoms with Crippen LogP contribution in [-0.4, -0.2) is 25.2 Å². The summed E-state index contributed by atoms with van der Waals surface area (Å²) in [6.07, 6.45) is 0. The lowest BCUT2D eigenvalue weighted by Crippen LogP contribution is -2.38. The smallest absolute Gasteiger partial charge is 0.245 e. The molecule has 0 unspecified atom stereocenters. The molecule has 30 heavy (non-hydrogen) atoms. The molecule has 0 aliphatic carbocycles. The van der Waals surface area contributed by atoms with Gasteiger partial charge in [-0.1, -0.05) is 54.1 Å². The highest BCUT2D eigenvalue weighted by Crippen LogP contribution is 2.33. The standard InChI is InChI=1S/C23H21FN2O3S/c1-17-5-4-6-19(13-17)14-25-16-23(27)26(15-18-9-11-20(24)12-10-18)21-7-2-3-8-22(21)30(25,28)29/h2-13H,14-16H2,1H3. The molecule has 1 aliphatic heterocycles. The Hall–Kier alpha value is -3.03. The Morgan fingerprint density at radius 1 is 0.900 bits per heavy atom. The van der Waals surface area contributed by atoms with Crippen molar-refractivity contribution in [2.24, 2.45) is 0 Å². The first-order valence-electron chi connectivity index (χ1n) is 9.54. The average molecular weight is 424 g/mol. The van der Waals surface area contributed by atoms with Crippen molar-refractivity contribution < 1.29 is 17.6 Å². The summed E-state index contributed by atoms with van der Waals surface area (Å²) in [6.45, 7) is 1.93. The Kier molecular flexibility index (Phi) is 5.40. The van der Waals surface area contributed by atoms with Crippen LogP contribution in [0.25, 0.3) is 0 Å². The maximum absolute atomic E-state index is 13.4. The number of hydrogen-bond acceptors (Lipinski definition) is 3. The second-order valence-electron chi connectivity index (χ2n) is 7.34. The van der Waals surface area contributed by atoms with Crippen molar-refractivity contribution in [3.63, 3.8) is 0 Å². The summed E-state index contributed by atoms with van der Waals surface area (Å²) in [4.78, 5) is 14.7. The molecule has 0 aromatic heterocycles. The number of rotatable bonds is 4. The number of carbonyl (C=O) groups excluding carboxylic acids is 1. The first kappa shape index (κ1) is 20.3. The van der Waals surface area contributed by atoms with Crippen molar-refractivity contribution in [3.05, 3.63) is 95.3 Å². The van der Waals surface area contributed by atoms with Crippen molar-refractivity contribution in [1.82, 2.24) is 4.31 Å². The molecule has 0 fully saturated rings. The summed E-state index contributed by atoms with van der Waals surface area (Å²) in [5.74, 6) is -0.700. The van der Waals surface area contributed by atoms with E-state index in [0.717, 1.165) is 11.1 Å². The molecule has 7 heteroatoms. The lowest BCUT2D eigenvalue weighted by atomic mass is 10.1. The van der Waals surface area contributed by atoms with E-state index in [-0.39, 0.29) is 36.3 Å². The van der Waals surface area contributed by atoms with Crippen LogP contribution in [0.3, 0.4) is 0 Å². The zero-order valence-electron chi connectivity index (χ0n) is 16.5. The van der Waals surface area contributed by atoms with Crippen LogP contribution in [0.2, 0.25) is 0 Å². The molecule has 0 N–H and O–H groups in total. The molecule has 0 radical (unpaired) electrons. The van der Waals surface area contributed by atoms with Gasteiger partial charge in [0.25, 0.3) is 0 Å². The number of amides is 1.